The van der Waals surface area contributed by atoms with Crippen molar-refractivity contribution in [1.82, 2.24) is 9.80 Å². The summed E-state index contributed by atoms with van der Waals surface area (Å²) in [5.74, 6) is -0.424. The fourth-order valence-corrected chi connectivity index (χ4v) is 5.20. The van der Waals surface area contributed by atoms with E-state index in [1.807, 2.05) is 32.1 Å². The molecule has 2 heterocycles. The molecule has 1 aromatic carbocycles. The lowest BCUT2D eigenvalue weighted by Crippen LogP contribution is -2.48. The van der Waals surface area contributed by atoms with Crippen LogP contribution in [0.2, 0.25) is 0 Å². The number of halogens is 1. The van der Waals surface area contributed by atoms with Crippen LogP contribution in [0.15, 0.2) is 90.1 Å². The van der Waals surface area contributed by atoms with Gasteiger partial charge >= 0.3 is 0 Å². The molecule has 1 unspecified atom stereocenters. The number of likely N-dealkylation sites (N-methyl/N-ethyl adjacent to an activating group) is 1. The lowest BCUT2D eigenvalue weighted by molar-refractivity contribution is -0.146. The highest BCUT2D eigenvalue weighted by Gasteiger charge is 2.43. The zero-order valence-electron chi connectivity index (χ0n) is 24.0. The summed E-state index contributed by atoms with van der Waals surface area (Å²) < 4.78 is 15.8. The van der Waals surface area contributed by atoms with Crippen molar-refractivity contribution in [3.8, 4) is 0 Å². The summed E-state index contributed by atoms with van der Waals surface area (Å²) in [5, 5.41) is 11.6. The second-order valence-electron chi connectivity index (χ2n) is 9.91. The highest BCUT2D eigenvalue weighted by Crippen LogP contribution is 2.41. The summed E-state index contributed by atoms with van der Waals surface area (Å²) in [5.41, 5.74) is 2.06. The first-order chi connectivity index (χ1) is 18.7. The lowest BCUT2D eigenvalue weighted by atomic mass is 9.83. The molecule has 0 bridgehead atoms. The number of aliphatic imine (C=N–C) groups is 1. The molecular weight excluding hydrogens is 493 g/mol. The maximum absolute atomic E-state index is 13.5. The molecule has 2 aliphatic heterocycles. The minimum Gasteiger partial charge on any atom is -0.372 e. The summed E-state index contributed by atoms with van der Waals surface area (Å²) in [4.78, 5) is 21.5. The Kier molecular flexibility index (Phi) is 12.2. The number of benzene rings is 1. The van der Waals surface area contributed by atoms with E-state index in [-0.39, 0.29) is 11.2 Å². The van der Waals surface area contributed by atoms with Crippen molar-refractivity contribution >= 4 is 12.1 Å². The SMILES string of the molecule is C=CN=CC(=C)C(O)(C(=O)N(C)CCCN1CCC2(CC1)OCC(C=C)=C2/C=C\C)c1ccc(C)cc1.CF. The standard InChI is InChI=1S/C31H41N3O3.CH3F/c1-7-11-28-26(8-2)23-37-30(28)16-20-34(21-17-30)19-10-18-33(6)29(35)31(36,25(5)22-32-9-3)27-14-12-24(4)13-15-27;1-2/h7-9,11-15,22,36H,2-3,5,10,16-21,23H2,1,4,6H3;1H3/b11-7-,32-22?;. The predicted octanol–water partition coefficient (Wildman–Crippen LogP) is 5.31. The van der Waals surface area contributed by atoms with Gasteiger partial charge in [-0.05, 0) is 56.4 Å². The van der Waals surface area contributed by atoms with E-state index in [9.17, 15) is 14.3 Å². The van der Waals surface area contributed by atoms with E-state index < -0.39 is 11.5 Å². The Balaban J connectivity index is 0.00000260. The van der Waals surface area contributed by atoms with Gasteiger partial charge < -0.3 is 19.6 Å². The highest BCUT2D eigenvalue weighted by molar-refractivity contribution is 5.98. The van der Waals surface area contributed by atoms with Crippen LogP contribution in [-0.4, -0.2) is 79.6 Å². The predicted molar refractivity (Wildman–Crippen MR) is 159 cm³/mol. The number of likely N-dealkylation sites (tertiary alicyclic amines) is 1. The van der Waals surface area contributed by atoms with Gasteiger partial charge in [0.1, 0.15) is 0 Å². The number of carbonyl (C=O) groups is 1. The smallest absolute Gasteiger partial charge is 0.263 e. The average Bonchev–Trinajstić information content (AvgIpc) is 3.29. The first-order valence-electron chi connectivity index (χ1n) is 13.3. The Morgan fingerprint density at radius 3 is 2.46 bits per heavy atom. The van der Waals surface area contributed by atoms with Crippen molar-refractivity contribution in [2.45, 2.75) is 44.3 Å². The van der Waals surface area contributed by atoms with Gasteiger partial charge in [-0.2, -0.15) is 0 Å². The average molecular weight is 538 g/mol. The fourth-order valence-electron chi connectivity index (χ4n) is 5.20. The summed E-state index contributed by atoms with van der Waals surface area (Å²) >= 11 is 0. The zero-order valence-corrected chi connectivity index (χ0v) is 24.0. The van der Waals surface area contributed by atoms with Gasteiger partial charge in [-0.15, -0.1) is 0 Å². The second-order valence-corrected chi connectivity index (χ2v) is 9.91. The van der Waals surface area contributed by atoms with Crippen molar-refractivity contribution < 1.29 is 19.0 Å². The van der Waals surface area contributed by atoms with Crippen LogP contribution in [0.25, 0.3) is 0 Å². The summed E-state index contributed by atoms with van der Waals surface area (Å²) in [6.45, 7) is 19.4. The number of aryl methyl sites for hydroxylation is 1. The van der Waals surface area contributed by atoms with E-state index in [0.717, 1.165) is 44.5 Å². The minimum atomic E-state index is -1.90. The molecule has 2 aliphatic rings. The molecule has 1 saturated heterocycles. The van der Waals surface area contributed by atoms with Gasteiger partial charge in [0, 0.05) is 44.7 Å². The minimum absolute atomic E-state index is 0.204. The Hall–Kier alpha value is -3.13. The first-order valence-corrected chi connectivity index (χ1v) is 13.3. The highest BCUT2D eigenvalue weighted by atomic mass is 19.1. The van der Waals surface area contributed by atoms with Gasteiger partial charge in [0.25, 0.3) is 5.91 Å². The number of hydrogen-bond donors (Lipinski definition) is 1. The Morgan fingerprint density at radius 1 is 1.26 bits per heavy atom. The molecule has 0 aromatic heterocycles. The Bertz CT molecular complexity index is 1100. The van der Waals surface area contributed by atoms with Crippen LogP contribution < -0.4 is 0 Å². The molecule has 0 radical (unpaired) electrons. The first kappa shape index (κ1) is 32.1. The molecule has 212 valence electrons. The maximum Gasteiger partial charge on any atom is 0.263 e. The number of nitrogens with zero attached hydrogens (tertiary/aromatic N) is 3. The fraction of sp³-hybridized carbons (Fsp3) is 0.438. The van der Waals surface area contributed by atoms with Crippen molar-refractivity contribution in [3.05, 3.63) is 96.3 Å². The van der Waals surface area contributed by atoms with Crippen LogP contribution in [0.5, 0.6) is 0 Å². The Labute approximate surface area is 233 Å². The van der Waals surface area contributed by atoms with Gasteiger partial charge in [-0.3, -0.25) is 14.2 Å². The largest absolute Gasteiger partial charge is 0.372 e. The number of carbonyl (C=O) groups excluding carboxylic acids is 1. The molecule has 1 atom stereocenters. The molecule has 1 amide bonds. The number of aliphatic hydroxyl groups is 1. The third kappa shape index (κ3) is 7.29. The zero-order chi connectivity index (χ0) is 29.1. The van der Waals surface area contributed by atoms with Gasteiger partial charge in [0.15, 0.2) is 5.60 Å². The van der Waals surface area contributed by atoms with Crippen LogP contribution in [0.3, 0.4) is 0 Å². The monoisotopic (exact) mass is 537 g/mol. The number of piperidine rings is 1. The van der Waals surface area contributed by atoms with Gasteiger partial charge in [0.2, 0.25) is 0 Å². The van der Waals surface area contributed by atoms with E-state index in [1.165, 1.54) is 23.6 Å². The number of alkyl halides is 1. The van der Waals surface area contributed by atoms with E-state index >= 15 is 0 Å². The summed E-state index contributed by atoms with van der Waals surface area (Å²) in [6.07, 6.45) is 11.6. The molecule has 0 saturated carbocycles. The molecule has 1 spiro atoms. The van der Waals surface area contributed by atoms with Crippen LogP contribution in [0.1, 0.15) is 37.3 Å². The van der Waals surface area contributed by atoms with Gasteiger partial charge in [0.05, 0.1) is 19.4 Å². The van der Waals surface area contributed by atoms with E-state index in [4.69, 9.17) is 4.74 Å². The number of ether oxygens (including phenoxy) is 1. The number of rotatable bonds is 11. The molecule has 3 rings (SSSR count). The van der Waals surface area contributed by atoms with E-state index in [0.29, 0.717) is 25.9 Å². The Morgan fingerprint density at radius 2 is 1.90 bits per heavy atom. The van der Waals surface area contributed by atoms with Crippen LogP contribution in [0, 0.1) is 6.92 Å². The maximum atomic E-state index is 13.5. The molecule has 39 heavy (non-hydrogen) atoms. The molecular formula is C32H44FN3O3. The van der Waals surface area contributed by atoms with Crippen molar-refractivity contribution in [1.29, 1.82) is 0 Å². The van der Waals surface area contributed by atoms with E-state index in [1.54, 1.807) is 24.1 Å². The molecule has 6 nitrogen and oxygen atoms in total. The molecule has 1 fully saturated rings. The molecule has 1 N–H and O–H groups in total. The number of hydrogen-bond acceptors (Lipinski definition) is 5. The van der Waals surface area contributed by atoms with Crippen molar-refractivity contribution in [3.63, 3.8) is 0 Å². The third-order valence-electron chi connectivity index (χ3n) is 7.48. The van der Waals surface area contributed by atoms with Gasteiger partial charge in [-0.1, -0.05) is 67.8 Å². The van der Waals surface area contributed by atoms with Gasteiger partial charge in [-0.25, -0.2) is 0 Å². The molecule has 1 aromatic rings. The van der Waals surface area contributed by atoms with E-state index in [2.05, 4.69) is 41.8 Å². The summed E-state index contributed by atoms with van der Waals surface area (Å²) in [7, 11) is 2.22. The molecule has 0 aliphatic carbocycles. The number of amides is 1. The second kappa shape index (κ2) is 14.9. The van der Waals surface area contributed by atoms with Crippen LogP contribution >= 0.6 is 0 Å². The van der Waals surface area contributed by atoms with Crippen LogP contribution in [0.4, 0.5) is 4.39 Å². The van der Waals surface area contributed by atoms with Crippen molar-refractivity contribution in [2.24, 2.45) is 4.99 Å². The topological polar surface area (TPSA) is 65.4 Å². The third-order valence-corrected chi connectivity index (χ3v) is 7.48. The molecule has 7 heteroatoms. The normalized spacial score (nSPS) is 18.6. The van der Waals surface area contributed by atoms with Crippen LogP contribution in [-0.2, 0) is 15.1 Å². The van der Waals surface area contributed by atoms with Crippen molar-refractivity contribution in [2.75, 3.05) is 47.0 Å². The summed E-state index contributed by atoms with van der Waals surface area (Å²) in [6, 6.07) is 7.27. The lowest BCUT2D eigenvalue weighted by Gasteiger charge is -2.40. The quantitative estimate of drug-likeness (QED) is 0.389. The number of allylic oxidation sites excluding steroid dienone is 1.